The molecule has 3 N–H and O–H groups in total. The fourth-order valence-corrected chi connectivity index (χ4v) is 1.69. The molecule has 0 radical (unpaired) electrons. The first-order chi connectivity index (χ1) is 5.72. The Morgan fingerprint density at radius 2 is 2.25 bits per heavy atom. The van der Waals surface area contributed by atoms with Gasteiger partial charge in [-0.1, -0.05) is 13.3 Å². The summed E-state index contributed by atoms with van der Waals surface area (Å²) in [6.45, 7) is 3.12. The molecule has 0 atom stereocenters. The van der Waals surface area contributed by atoms with Crippen LogP contribution in [0.1, 0.15) is 32.6 Å². The van der Waals surface area contributed by atoms with E-state index in [1.807, 2.05) is 0 Å². The van der Waals surface area contributed by atoms with E-state index in [-0.39, 0.29) is 12.5 Å². The van der Waals surface area contributed by atoms with Crippen molar-refractivity contribution >= 4 is 5.91 Å². The van der Waals surface area contributed by atoms with E-state index < -0.39 is 0 Å². The number of hydrogen-bond donors (Lipinski definition) is 2. The number of amides is 1. The molecule has 1 amide bonds. The molecule has 1 saturated carbocycles. The SMILES string of the molecule is CCC1(CNC(=O)CN)CCC1. The topological polar surface area (TPSA) is 55.1 Å². The van der Waals surface area contributed by atoms with Gasteiger partial charge in [0.05, 0.1) is 6.54 Å². The van der Waals surface area contributed by atoms with Crippen molar-refractivity contribution in [2.24, 2.45) is 11.1 Å². The number of hydrogen-bond acceptors (Lipinski definition) is 2. The highest BCUT2D eigenvalue weighted by Crippen LogP contribution is 2.42. The Hall–Kier alpha value is -0.570. The maximum Gasteiger partial charge on any atom is 0.233 e. The molecule has 0 aromatic carbocycles. The van der Waals surface area contributed by atoms with E-state index >= 15 is 0 Å². The molecule has 0 unspecified atom stereocenters. The molecule has 70 valence electrons. The number of nitrogens with two attached hydrogens (primary N) is 1. The predicted molar refractivity (Wildman–Crippen MR) is 48.6 cm³/mol. The summed E-state index contributed by atoms with van der Waals surface area (Å²) in [5.41, 5.74) is 5.60. The average Bonchev–Trinajstić information content (AvgIpc) is 2.03. The maximum atomic E-state index is 10.9. The minimum atomic E-state index is -0.0327. The van der Waals surface area contributed by atoms with Gasteiger partial charge >= 0.3 is 0 Å². The predicted octanol–water partition coefficient (Wildman–Crippen LogP) is 0.642. The van der Waals surface area contributed by atoms with Crippen LogP contribution in [0.4, 0.5) is 0 Å². The van der Waals surface area contributed by atoms with Gasteiger partial charge < -0.3 is 11.1 Å². The van der Waals surface area contributed by atoms with Crippen LogP contribution < -0.4 is 11.1 Å². The summed E-state index contributed by atoms with van der Waals surface area (Å²) >= 11 is 0. The van der Waals surface area contributed by atoms with Gasteiger partial charge in [-0.25, -0.2) is 0 Å². The summed E-state index contributed by atoms with van der Waals surface area (Å²) < 4.78 is 0. The van der Waals surface area contributed by atoms with Gasteiger partial charge in [-0.05, 0) is 24.7 Å². The van der Waals surface area contributed by atoms with Gasteiger partial charge in [0.1, 0.15) is 0 Å². The lowest BCUT2D eigenvalue weighted by atomic mass is 9.67. The van der Waals surface area contributed by atoms with Crippen LogP contribution in [0.5, 0.6) is 0 Å². The lowest BCUT2D eigenvalue weighted by molar-refractivity contribution is -0.120. The molecule has 1 aliphatic rings. The van der Waals surface area contributed by atoms with Gasteiger partial charge in [-0.3, -0.25) is 4.79 Å². The Morgan fingerprint density at radius 1 is 1.58 bits per heavy atom. The molecule has 0 aromatic heterocycles. The summed E-state index contributed by atoms with van der Waals surface area (Å²) in [4.78, 5) is 10.9. The lowest BCUT2D eigenvalue weighted by Crippen LogP contribution is -2.43. The largest absolute Gasteiger partial charge is 0.354 e. The minimum Gasteiger partial charge on any atom is -0.354 e. The summed E-state index contributed by atoms with van der Waals surface area (Å²) in [6.07, 6.45) is 4.99. The second-order valence-electron chi connectivity index (χ2n) is 3.69. The van der Waals surface area contributed by atoms with Crippen LogP contribution in [-0.4, -0.2) is 19.0 Å². The Morgan fingerprint density at radius 3 is 2.58 bits per heavy atom. The molecule has 0 aliphatic heterocycles. The third-order valence-electron chi connectivity index (χ3n) is 3.01. The van der Waals surface area contributed by atoms with E-state index in [0.717, 1.165) is 13.0 Å². The minimum absolute atomic E-state index is 0.0327. The molecule has 12 heavy (non-hydrogen) atoms. The summed E-state index contributed by atoms with van der Waals surface area (Å²) in [7, 11) is 0. The van der Waals surface area contributed by atoms with Crippen molar-refractivity contribution < 1.29 is 4.79 Å². The standard InChI is InChI=1S/C9H18N2O/c1-2-9(4-3-5-9)7-11-8(12)6-10/h2-7,10H2,1H3,(H,11,12). The zero-order valence-corrected chi connectivity index (χ0v) is 7.73. The van der Waals surface area contributed by atoms with Crippen molar-refractivity contribution in [2.75, 3.05) is 13.1 Å². The monoisotopic (exact) mass is 170 g/mol. The lowest BCUT2D eigenvalue weighted by Gasteiger charge is -2.41. The summed E-state index contributed by atoms with van der Waals surface area (Å²) in [6, 6.07) is 0. The fraction of sp³-hybridized carbons (Fsp3) is 0.889. The molecule has 3 heteroatoms. The van der Waals surface area contributed by atoms with Crippen LogP contribution in [-0.2, 0) is 4.79 Å². The first kappa shape index (κ1) is 9.52. The highest BCUT2D eigenvalue weighted by atomic mass is 16.1. The van der Waals surface area contributed by atoms with Gasteiger partial charge in [0, 0.05) is 6.54 Å². The molecule has 0 saturated heterocycles. The highest BCUT2D eigenvalue weighted by Gasteiger charge is 2.34. The number of rotatable bonds is 4. The molecular formula is C9H18N2O. The van der Waals surface area contributed by atoms with E-state index in [2.05, 4.69) is 12.2 Å². The van der Waals surface area contributed by atoms with E-state index in [9.17, 15) is 4.79 Å². The van der Waals surface area contributed by atoms with E-state index in [1.54, 1.807) is 0 Å². The van der Waals surface area contributed by atoms with Crippen molar-refractivity contribution in [1.29, 1.82) is 0 Å². The zero-order chi connectivity index (χ0) is 9.03. The van der Waals surface area contributed by atoms with Gasteiger partial charge in [0.25, 0.3) is 0 Å². The average molecular weight is 170 g/mol. The Labute approximate surface area is 73.7 Å². The Bertz CT molecular complexity index is 158. The second kappa shape index (κ2) is 3.90. The normalized spacial score (nSPS) is 19.8. The van der Waals surface area contributed by atoms with E-state index in [4.69, 9.17) is 5.73 Å². The number of carbonyl (C=O) groups excluding carboxylic acids is 1. The third kappa shape index (κ3) is 1.97. The van der Waals surface area contributed by atoms with Crippen LogP contribution >= 0.6 is 0 Å². The second-order valence-corrected chi connectivity index (χ2v) is 3.69. The van der Waals surface area contributed by atoms with Crippen LogP contribution in [0.15, 0.2) is 0 Å². The van der Waals surface area contributed by atoms with E-state index in [1.165, 1.54) is 19.3 Å². The highest BCUT2D eigenvalue weighted by molar-refractivity contribution is 5.77. The molecule has 0 bridgehead atoms. The molecule has 0 aromatic rings. The number of nitrogens with one attached hydrogen (secondary N) is 1. The zero-order valence-electron chi connectivity index (χ0n) is 7.73. The Balaban J connectivity index is 2.24. The third-order valence-corrected chi connectivity index (χ3v) is 3.01. The van der Waals surface area contributed by atoms with Gasteiger partial charge in [0.2, 0.25) is 5.91 Å². The van der Waals surface area contributed by atoms with Crippen molar-refractivity contribution in [2.45, 2.75) is 32.6 Å². The maximum absolute atomic E-state index is 10.9. The molecule has 1 aliphatic carbocycles. The van der Waals surface area contributed by atoms with Crippen molar-refractivity contribution in [3.63, 3.8) is 0 Å². The quantitative estimate of drug-likeness (QED) is 0.650. The number of carbonyl (C=O) groups is 1. The van der Waals surface area contributed by atoms with Gasteiger partial charge in [-0.15, -0.1) is 0 Å². The van der Waals surface area contributed by atoms with Crippen molar-refractivity contribution in [1.82, 2.24) is 5.32 Å². The first-order valence-electron chi connectivity index (χ1n) is 4.69. The Kier molecular flexibility index (Phi) is 3.09. The fourth-order valence-electron chi connectivity index (χ4n) is 1.69. The molecule has 0 spiro atoms. The molecular weight excluding hydrogens is 152 g/mol. The molecule has 1 fully saturated rings. The summed E-state index contributed by atoms with van der Waals surface area (Å²) in [5.74, 6) is -0.0327. The summed E-state index contributed by atoms with van der Waals surface area (Å²) in [5, 5.41) is 2.86. The van der Waals surface area contributed by atoms with Crippen LogP contribution in [0.3, 0.4) is 0 Å². The van der Waals surface area contributed by atoms with Crippen molar-refractivity contribution in [3.05, 3.63) is 0 Å². The first-order valence-corrected chi connectivity index (χ1v) is 4.69. The van der Waals surface area contributed by atoms with Crippen LogP contribution in [0, 0.1) is 5.41 Å². The smallest absolute Gasteiger partial charge is 0.233 e. The van der Waals surface area contributed by atoms with Crippen LogP contribution in [0.2, 0.25) is 0 Å². The molecule has 0 heterocycles. The van der Waals surface area contributed by atoms with Gasteiger partial charge in [0.15, 0.2) is 0 Å². The molecule has 1 rings (SSSR count). The molecule has 3 nitrogen and oxygen atoms in total. The van der Waals surface area contributed by atoms with E-state index in [0.29, 0.717) is 5.41 Å². The van der Waals surface area contributed by atoms with Gasteiger partial charge in [-0.2, -0.15) is 0 Å². The van der Waals surface area contributed by atoms with Crippen molar-refractivity contribution in [3.8, 4) is 0 Å². The van der Waals surface area contributed by atoms with Crippen LogP contribution in [0.25, 0.3) is 0 Å².